The van der Waals surface area contributed by atoms with Crippen LogP contribution < -0.4 is 16.1 Å². The summed E-state index contributed by atoms with van der Waals surface area (Å²) in [5.74, 6) is -2.63. The molecule has 2 fully saturated rings. The van der Waals surface area contributed by atoms with Crippen molar-refractivity contribution >= 4 is 5.91 Å². The fourth-order valence-corrected chi connectivity index (χ4v) is 3.38. The molecule has 0 aliphatic carbocycles. The number of alkyl halides is 3. The van der Waals surface area contributed by atoms with Gasteiger partial charge in [-0.05, 0) is 24.6 Å². The van der Waals surface area contributed by atoms with Gasteiger partial charge in [-0.3, -0.25) is 10.1 Å². The highest BCUT2D eigenvalue weighted by atomic mass is 19.4. The molecule has 1 aromatic rings. The molecule has 5 N–H and O–H groups in total. The quantitative estimate of drug-likeness (QED) is 0.476. The molecule has 1 aromatic carbocycles. The summed E-state index contributed by atoms with van der Waals surface area (Å²) in [6, 6.07) is 1.28. The number of fused-ring (bicyclic) bond motifs is 1. The van der Waals surface area contributed by atoms with E-state index in [1.54, 1.807) is 6.92 Å². The van der Waals surface area contributed by atoms with Crippen LogP contribution in [0.25, 0.3) is 0 Å². The maximum Gasteiger partial charge on any atom is 0.419 e. The standard InChI is InChI=1S/C15H18F4N4O3/c1-6(7-2-3-8(9(16)4-7)15(17,18)19)23-12-11(10(5-24)22-23)13(25)21-14(26)20-12/h2-4,6,10-12,14,20,22,24,26H,5H2,1H3,(H,21,25)/t6-,10?,11?,12?,14?/m0/s1. The molecule has 0 spiro atoms. The van der Waals surface area contributed by atoms with Gasteiger partial charge in [0.1, 0.15) is 5.82 Å². The fourth-order valence-electron chi connectivity index (χ4n) is 3.38. The van der Waals surface area contributed by atoms with Crippen molar-refractivity contribution in [3.8, 4) is 0 Å². The van der Waals surface area contributed by atoms with Gasteiger partial charge in [-0.1, -0.05) is 6.07 Å². The molecule has 2 saturated heterocycles. The van der Waals surface area contributed by atoms with Crippen LogP contribution in [0.2, 0.25) is 0 Å². The normalized spacial score (nSPS) is 30.8. The van der Waals surface area contributed by atoms with Gasteiger partial charge in [0.25, 0.3) is 0 Å². The molecule has 0 radical (unpaired) electrons. The third-order valence-electron chi connectivity index (χ3n) is 4.69. The summed E-state index contributed by atoms with van der Waals surface area (Å²) in [7, 11) is 0. The van der Waals surface area contributed by atoms with Gasteiger partial charge in [-0.25, -0.2) is 14.8 Å². The highest BCUT2D eigenvalue weighted by Crippen LogP contribution is 2.35. The monoisotopic (exact) mass is 378 g/mol. The lowest BCUT2D eigenvalue weighted by Crippen LogP contribution is -2.64. The Morgan fingerprint density at radius 2 is 2.04 bits per heavy atom. The Bertz CT molecular complexity index is 702. The van der Waals surface area contributed by atoms with Crippen molar-refractivity contribution in [1.29, 1.82) is 0 Å². The van der Waals surface area contributed by atoms with Gasteiger partial charge in [0.05, 0.1) is 30.3 Å². The zero-order valence-corrected chi connectivity index (χ0v) is 13.6. The van der Waals surface area contributed by atoms with E-state index in [4.69, 9.17) is 0 Å². The number of nitrogens with zero attached hydrogens (tertiary/aromatic N) is 1. The maximum absolute atomic E-state index is 13.9. The Balaban J connectivity index is 1.88. The minimum absolute atomic E-state index is 0.239. The van der Waals surface area contributed by atoms with E-state index >= 15 is 0 Å². The lowest BCUT2D eigenvalue weighted by Gasteiger charge is -2.37. The largest absolute Gasteiger partial charge is 0.419 e. The van der Waals surface area contributed by atoms with Crippen LogP contribution in [0, 0.1) is 11.7 Å². The molecule has 4 unspecified atom stereocenters. The lowest BCUT2D eigenvalue weighted by atomic mass is 9.96. The lowest BCUT2D eigenvalue weighted by molar-refractivity contribution is -0.140. The third-order valence-corrected chi connectivity index (χ3v) is 4.69. The number of halogens is 4. The molecular formula is C15H18F4N4O3. The molecule has 144 valence electrons. The van der Waals surface area contributed by atoms with Crippen LogP contribution >= 0.6 is 0 Å². The van der Waals surface area contributed by atoms with E-state index in [9.17, 15) is 32.6 Å². The Hall–Kier alpha value is -1.79. The number of carbonyl (C=O) groups excluding carboxylic acids is 1. The van der Waals surface area contributed by atoms with Crippen molar-refractivity contribution in [2.45, 2.75) is 37.7 Å². The van der Waals surface area contributed by atoms with Gasteiger partial charge in [0.2, 0.25) is 5.91 Å². The summed E-state index contributed by atoms with van der Waals surface area (Å²) in [6.45, 7) is 1.23. The van der Waals surface area contributed by atoms with Crippen LogP contribution in [0.15, 0.2) is 18.2 Å². The SMILES string of the molecule is C[C@@H](c1ccc(C(F)(F)F)c(F)c1)N1NC(CO)C2C(=O)NC(O)NC21. The second kappa shape index (κ2) is 6.74. The maximum atomic E-state index is 13.9. The summed E-state index contributed by atoms with van der Waals surface area (Å²) < 4.78 is 52.0. The summed E-state index contributed by atoms with van der Waals surface area (Å²) in [6.07, 6.45) is -6.85. The van der Waals surface area contributed by atoms with Crippen LogP contribution in [0.5, 0.6) is 0 Å². The number of rotatable bonds is 3. The van der Waals surface area contributed by atoms with E-state index in [1.165, 1.54) is 5.01 Å². The summed E-state index contributed by atoms with van der Waals surface area (Å²) in [5, 5.41) is 25.7. The number of aliphatic hydroxyl groups excluding tert-OH is 2. The van der Waals surface area contributed by atoms with Crippen LogP contribution in [-0.4, -0.2) is 46.3 Å². The Labute approximate surface area is 145 Å². The number of aliphatic hydroxyl groups is 2. The first-order valence-corrected chi connectivity index (χ1v) is 7.90. The highest BCUT2D eigenvalue weighted by Gasteiger charge is 2.50. The van der Waals surface area contributed by atoms with Crippen molar-refractivity contribution in [3.63, 3.8) is 0 Å². The minimum Gasteiger partial charge on any atom is -0.395 e. The summed E-state index contributed by atoms with van der Waals surface area (Å²) in [4.78, 5) is 12.1. The molecule has 5 atom stereocenters. The Kier molecular flexibility index (Phi) is 4.92. The average Bonchev–Trinajstić information content (AvgIpc) is 2.91. The Morgan fingerprint density at radius 3 is 2.62 bits per heavy atom. The Morgan fingerprint density at radius 1 is 1.35 bits per heavy atom. The number of carbonyl (C=O) groups is 1. The first-order chi connectivity index (χ1) is 12.1. The van der Waals surface area contributed by atoms with Gasteiger partial charge in [-0.15, -0.1) is 0 Å². The van der Waals surface area contributed by atoms with Crippen LogP contribution in [0.4, 0.5) is 17.6 Å². The van der Waals surface area contributed by atoms with Gasteiger partial charge in [-0.2, -0.15) is 13.2 Å². The van der Waals surface area contributed by atoms with Crippen LogP contribution in [-0.2, 0) is 11.0 Å². The topological polar surface area (TPSA) is 96.9 Å². The number of hydrazine groups is 1. The molecule has 1 amide bonds. The molecule has 0 aromatic heterocycles. The van der Waals surface area contributed by atoms with E-state index < -0.39 is 54.0 Å². The molecule has 3 rings (SSSR count). The zero-order chi connectivity index (χ0) is 19.2. The van der Waals surface area contributed by atoms with Crippen molar-refractivity contribution in [2.24, 2.45) is 5.92 Å². The molecule has 26 heavy (non-hydrogen) atoms. The molecule has 0 bridgehead atoms. The van der Waals surface area contributed by atoms with Crippen LogP contribution in [0.3, 0.4) is 0 Å². The first kappa shape index (κ1) is 19.0. The molecule has 2 aliphatic heterocycles. The number of nitrogens with one attached hydrogen (secondary N) is 3. The predicted molar refractivity (Wildman–Crippen MR) is 80.2 cm³/mol. The van der Waals surface area contributed by atoms with Gasteiger partial charge >= 0.3 is 6.18 Å². The predicted octanol–water partition coefficient (Wildman–Crippen LogP) is 0.0242. The van der Waals surface area contributed by atoms with Crippen LogP contribution in [0.1, 0.15) is 24.1 Å². The summed E-state index contributed by atoms with van der Waals surface area (Å²) in [5.41, 5.74) is 1.78. The minimum atomic E-state index is -4.79. The molecule has 2 aliphatic rings. The second-order valence-electron chi connectivity index (χ2n) is 6.29. The smallest absolute Gasteiger partial charge is 0.395 e. The van der Waals surface area contributed by atoms with E-state index in [0.29, 0.717) is 6.07 Å². The molecule has 7 nitrogen and oxygen atoms in total. The average molecular weight is 378 g/mol. The number of hydrogen-bond acceptors (Lipinski definition) is 6. The van der Waals surface area contributed by atoms with Gasteiger partial charge in [0.15, 0.2) is 6.35 Å². The van der Waals surface area contributed by atoms with Crippen molar-refractivity contribution in [2.75, 3.05) is 6.61 Å². The molecular weight excluding hydrogens is 360 g/mol. The van der Waals surface area contributed by atoms with Gasteiger partial charge < -0.3 is 15.5 Å². The molecule has 0 saturated carbocycles. The molecule has 2 heterocycles. The van der Waals surface area contributed by atoms with E-state index in [2.05, 4.69) is 16.1 Å². The highest BCUT2D eigenvalue weighted by molar-refractivity contribution is 5.81. The van der Waals surface area contributed by atoms with E-state index in [1.807, 2.05) is 0 Å². The first-order valence-electron chi connectivity index (χ1n) is 7.90. The van der Waals surface area contributed by atoms with E-state index in [0.717, 1.165) is 12.1 Å². The number of hydrogen-bond donors (Lipinski definition) is 5. The van der Waals surface area contributed by atoms with Crippen molar-refractivity contribution in [1.82, 2.24) is 21.1 Å². The second-order valence-corrected chi connectivity index (χ2v) is 6.29. The van der Waals surface area contributed by atoms with E-state index in [-0.39, 0.29) is 12.2 Å². The summed E-state index contributed by atoms with van der Waals surface area (Å²) >= 11 is 0. The van der Waals surface area contributed by atoms with Crippen molar-refractivity contribution < 1.29 is 32.6 Å². The zero-order valence-electron chi connectivity index (χ0n) is 13.6. The third kappa shape index (κ3) is 3.28. The van der Waals surface area contributed by atoms with Gasteiger partial charge in [0, 0.05) is 6.04 Å². The molecule has 11 heteroatoms. The number of benzene rings is 1. The fraction of sp³-hybridized carbons (Fsp3) is 0.533. The van der Waals surface area contributed by atoms with Crippen molar-refractivity contribution in [3.05, 3.63) is 35.1 Å². The number of amides is 1.